The van der Waals surface area contributed by atoms with E-state index in [2.05, 4.69) is 35.4 Å². The number of anilines is 1. The monoisotopic (exact) mass is 253 g/mol. The van der Waals surface area contributed by atoms with Crippen LogP contribution in [0.5, 0.6) is 0 Å². The van der Waals surface area contributed by atoms with E-state index >= 15 is 0 Å². The number of nitrogen functional groups attached to an aromatic ring is 1. The molecule has 0 fully saturated rings. The van der Waals surface area contributed by atoms with Gasteiger partial charge in [0.2, 0.25) is 0 Å². The third-order valence-corrected chi connectivity index (χ3v) is 3.93. The molecule has 3 nitrogen and oxygen atoms in total. The van der Waals surface area contributed by atoms with Crippen molar-refractivity contribution >= 4 is 5.69 Å². The van der Waals surface area contributed by atoms with Crippen LogP contribution in [0.15, 0.2) is 36.7 Å². The fourth-order valence-electron chi connectivity index (χ4n) is 2.76. The number of aromatic nitrogens is 1. The second-order valence-corrected chi connectivity index (χ2v) is 5.23. The van der Waals surface area contributed by atoms with E-state index in [-0.39, 0.29) is 0 Å². The van der Waals surface area contributed by atoms with Crippen LogP contribution in [0.2, 0.25) is 0 Å². The quantitative estimate of drug-likeness (QED) is 0.827. The Morgan fingerprint density at radius 3 is 3.11 bits per heavy atom. The van der Waals surface area contributed by atoms with Crippen molar-refractivity contribution in [2.45, 2.75) is 32.4 Å². The van der Waals surface area contributed by atoms with Gasteiger partial charge in [0.05, 0.1) is 0 Å². The molecule has 0 bridgehead atoms. The lowest BCUT2D eigenvalue weighted by Gasteiger charge is -2.15. The van der Waals surface area contributed by atoms with Crippen molar-refractivity contribution < 1.29 is 0 Å². The third kappa shape index (κ3) is 2.47. The summed E-state index contributed by atoms with van der Waals surface area (Å²) in [5.74, 6) is 0. The first-order valence-corrected chi connectivity index (χ1v) is 6.75. The molecule has 0 amide bonds. The maximum Gasteiger partial charge on any atom is 0.0329 e. The fraction of sp³-hybridized carbons (Fsp3) is 0.312. The number of benzene rings is 1. The van der Waals surface area contributed by atoms with E-state index in [1.54, 1.807) is 0 Å². The van der Waals surface area contributed by atoms with Crippen molar-refractivity contribution in [2.24, 2.45) is 0 Å². The van der Waals surface area contributed by atoms with Gasteiger partial charge >= 0.3 is 0 Å². The summed E-state index contributed by atoms with van der Waals surface area (Å²) in [6, 6.07) is 8.75. The molecule has 0 saturated heterocycles. The van der Waals surface area contributed by atoms with Crippen LogP contribution in [0.4, 0.5) is 5.69 Å². The van der Waals surface area contributed by atoms with Gasteiger partial charge in [-0.3, -0.25) is 4.98 Å². The van der Waals surface area contributed by atoms with Gasteiger partial charge in [-0.1, -0.05) is 6.07 Å². The van der Waals surface area contributed by atoms with Crippen molar-refractivity contribution in [2.75, 3.05) is 5.73 Å². The highest BCUT2D eigenvalue weighted by Gasteiger charge is 2.21. The molecule has 0 spiro atoms. The van der Waals surface area contributed by atoms with Gasteiger partial charge in [0.15, 0.2) is 0 Å². The number of fused-ring (bicyclic) bond motifs is 1. The molecule has 19 heavy (non-hydrogen) atoms. The summed E-state index contributed by atoms with van der Waals surface area (Å²) in [6.45, 7) is 3.00. The first kappa shape index (κ1) is 12.2. The summed E-state index contributed by atoms with van der Waals surface area (Å²) in [5, 5.41) is 3.63. The Kier molecular flexibility index (Phi) is 3.22. The number of pyridine rings is 1. The topological polar surface area (TPSA) is 50.9 Å². The number of aryl methyl sites for hydroxylation is 2. The number of nitrogens with zero attached hydrogens (tertiary/aromatic N) is 1. The van der Waals surface area contributed by atoms with Gasteiger partial charge in [-0.25, -0.2) is 0 Å². The zero-order valence-electron chi connectivity index (χ0n) is 11.2. The third-order valence-electron chi connectivity index (χ3n) is 3.93. The van der Waals surface area contributed by atoms with Gasteiger partial charge in [-0.05, 0) is 60.2 Å². The largest absolute Gasteiger partial charge is 0.399 e. The molecule has 3 N–H and O–H groups in total. The van der Waals surface area contributed by atoms with E-state index in [9.17, 15) is 0 Å². The predicted octanol–water partition coefficient (Wildman–Crippen LogP) is 2.75. The minimum atomic E-state index is 0.440. The van der Waals surface area contributed by atoms with E-state index in [0.717, 1.165) is 25.1 Å². The predicted molar refractivity (Wildman–Crippen MR) is 77.7 cm³/mol. The minimum absolute atomic E-state index is 0.440. The fourth-order valence-corrected chi connectivity index (χ4v) is 2.76. The van der Waals surface area contributed by atoms with Crippen molar-refractivity contribution in [1.29, 1.82) is 0 Å². The summed E-state index contributed by atoms with van der Waals surface area (Å²) < 4.78 is 0. The van der Waals surface area contributed by atoms with E-state index in [1.807, 2.05) is 18.5 Å². The van der Waals surface area contributed by atoms with Crippen LogP contribution in [0.3, 0.4) is 0 Å². The van der Waals surface area contributed by atoms with E-state index < -0.39 is 0 Å². The zero-order valence-corrected chi connectivity index (χ0v) is 11.2. The number of hydrogen-bond donors (Lipinski definition) is 2. The van der Waals surface area contributed by atoms with Crippen LogP contribution >= 0.6 is 0 Å². The molecule has 1 heterocycles. The highest BCUT2D eigenvalue weighted by molar-refractivity contribution is 5.47. The Labute approximate surface area is 113 Å². The maximum absolute atomic E-state index is 5.83. The van der Waals surface area contributed by atoms with Gasteiger partial charge in [-0.15, -0.1) is 0 Å². The van der Waals surface area contributed by atoms with Gasteiger partial charge in [-0.2, -0.15) is 0 Å². The lowest BCUT2D eigenvalue weighted by molar-refractivity contribution is 0.529. The lowest BCUT2D eigenvalue weighted by Crippen LogP contribution is -2.19. The Bertz CT molecular complexity index is 592. The second kappa shape index (κ2) is 5.02. The first-order valence-electron chi connectivity index (χ1n) is 6.75. The Morgan fingerprint density at radius 2 is 2.26 bits per heavy atom. The SMILES string of the molecule is Cc1ccncc1CNC1CCc2cc(N)ccc21. The lowest BCUT2D eigenvalue weighted by atomic mass is 10.1. The van der Waals surface area contributed by atoms with Crippen LogP contribution in [-0.2, 0) is 13.0 Å². The normalized spacial score (nSPS) is 17.4. The Hall–Kier alpha value is -1.87. The highest BCUT2D eigenvalue weighted by atomic mass is 14.9. The number of nitrogens with one attached hydrogen (secondary N) is 1. The molecule has 1 aliphatic carbocycles. The maximum atomic E-state index is 5.83. The Balaban J connectivity index is 1.72. The van der Waals surface area contributed by atoms with Crippen LogP contribution in [0.1, 0.15) is 34.7 Å². The van der Waals surface area contributed by atoms with Crippen molar-refractivity contribution in [3.05, 3.63) is 58.9 Å². The van der Waals surface area contributed by atoms with Crippen molar-refractivity contribution in [3.8, 4) is 0 Å². The molecule has 0 radical (unpaired) electrons. The summed E-state index contributed by atoms with van der Waals surface area (Å²) in [6.07, 6.45) is 6.05. The smallest absolute Gasteiger partial charge is 0.0329 e. The molecule has 0 aliphatic heterocycles. The number of hydrogen-bond acceptors (Lipinski definition) is 3. The van der Waals surface area contributed by atoms with Gasteiger partial charge in [0.25, 0.3) is 0 Å². The van der Waals surface area contributed by atoms with Crippen LogP contribution in [0.25, 0.3) is 0 Å². The molecule has 3 heteroatoms. The summed E-state index contributed by atoms with van der Waals surface area (Å²) in [7, 11) is 0. The van der Waals surface area contributed by atoms with Crippen LogP contribution in [0, 0.1) is 6.92 Å². The average Bonchev–Trinajstić information content (AvgIpc) is 2.80. The molecule has 1 atom stereocenters. The molecule has 1 aliphatic rings. The second-order valence-electron chi connectivity index (χ2n) is 5.23. The molecule has 1 aromatic carbocycles. The zero-order chi connectivity index (χ0) is 13.2. The average molecular weight is 253 g/mol. The van der Waals surface area contributed by atoms with Crippen molar-refractivity contribution in [1.82, 2.24) is 10.3 Å². The minimum Gasteiger partial charge on any atom is -0.399 e. The summed E-state index contributed by atoms with van der Waals surface area (Å²) >= 11 is 0. The highest BCUT2D eigenvalue weighted by Crippen LogP contribution is 2.32. The standard InChI is InChI=1S/C16H19N3/c1-11-6-7-18-9-13(11)10-19-16-5-2-12-8-14(17)3-4-15(12)16/h3-4,6-9,16,19H,2,5,10,17H2,1H3. The van der Waals surface area contributed by atoms with Crippen molar-refractivity contribution in [3.63, 3.8) is 0 Å². The van der Waals surface area contributed by atoms with Gasteiger partial charge in [0, 0.05) is 30.7 Å². The van der Waals surface area contributed by atoms with E-state index in [1.165, 1.54) is 22.3 Å². The van der Waals surface area contributed by atoms with Gasteiger partial charge in [0.1, 0.15) is 0 Å². The Morgan fingerprint density at radius 1 is 1.37 bits per heavy atom. The molecule has 1 aromatic heterocycles. The van der Waals surface area contributed by atoms with E-state index in [0.29, 0.717) is 6.04 Å². The number of rotatable bonds is 3. The first-order chi connectivity index (χ1) is 9.24. The molecule has 1 unspecified atom stereocenters. The van der Waals surface area contributed by atoms with Gasteiger partial charge < -0.3 is 11.1 Å². The number of nitrogens with two attached hydrogens (primary N) is 1. The van der Waals surface area contributed by atoms with Crippen LogP contribution < -0.4 is 11.1 Å². The molecular formula is C16H19N3. The summed E-state index contributed by atoms with van der Waals surface area (Å²) in [4.78, 5) is 4.19. The molecular weight excluding hydrogens is 234 g/mol. The molecule has 2 aromatic rings. The summed E-state index contributed by atoms with van der Waals surface area (Å²) in [5.41, 5.74) is 12.0. The van der Waals surface area contributed by atoms with Crippen LogP contribution in [-0.4, -0.2) is 4.98 Å². The van der Waals surface area contributed by atoms with E-state index in [4.69, 9.17) is 5.73 Å². The molecule has 0 saturated carbocycles. The molecule has 3 rings (SSSR count). The molecule has 98 valence electrons.